The zero-order valence-corrected chi connectivity index (χ0v) is 15.5. The molecule has 1 aromatic carbocycles. The number of nitrogens with two attached hydrogens (primary N) is 1. The van der Waals surface area contributed by atoms with E-state index in [-0.39, 0.29) is 30.1 Å². The molecule has 1 heterocycles. The summed E-state index contributed by atoms with van der Waals surface area (Å²) in [7, 11) is 0. The molecule has 0 aliphatic rings. The van der Waals surface area contributed by atoms with E-state index in [1.165, 1.54) is 11.8 Å². The van der Waals surface area contributed by atoms with Crippen molar-refractivity contribution in [2.75, 3.05) is 18.8 Å². The largest absolute Gasteiger partial charge is 0.414 e. The van der Waals surface area contributed by atoms with Gasteiger partial charge in [-0.05, 0) is 25.8 Å². The third-order valence-corrected chi connectivity index (χ3v) is 4.28. The van der Waals surface area contributed by atoms with Gasteiger partial charge in [-0.25, -0.2) is 0 Å². The van der Waals surface area contributed by atoms with Gasteiger partial charge >= 0.3 is 0 Å². The van der Waals surface area contributed by atoms with Gasteiger partial charge in [-0.15, -0.1) is 22.6 Å². The van der Waals surface area contributed by atoms with Crippen LogP contribution in [0.1, 0.15) is 31.3 Å². The summed E-state index contributed by atoms with van der Waals surface area (Å²) in [5, 5.41) is 8.32. The minimum atomic E-state index is -0.349. The summed E-state index contributed by atoms with van der Waals surface area (Å²) in [4.78, 5) is 13.7. The average molecular weight is 371 g/mol. The Morgan fingerprint density at radius 2 is 1.92 bits per heavy atom. The van der Waals surface area contributed by atoms with Crippen molar-refractivity contribution >= 4 is 30.1 Å². The van der Waals surface area contributed by atoms with Crippen LogP contribution in [0.4, 0.5) is 0 Å². The van der Waals surface area contributed by atoms with Gasteiger partial charge < -0.3 is 15.1 Å². The lowest BCUT2D eigenvalue weighted by Crippen LogP contribution is -2.31. The highest BCUT2D eigenvalue weighted by atomic mass is 35.5. The van der Waals surface area contributed by atoms with E-state index in [1.807, 2.05) is 44.2 Å². The Morgan fingerprint density at radius 3 is 2.54 bits per heavy atom. The van der Waals surface area contributed by atoms with Crippen LogP contribution in [-0.4, -0.2) is 39.8 Å². The van der Waals surface area contributed by atoms with E-state index >= 15 is 0 Å². The molecule has 8 heteroatoms. The maximum Gasteiger partial charge on any atom is 0.277 e. The molecule has 0 saturated carbocycles. The number of halogens is 1. The zero-order chi connectivity index (χ0) is 16.7. The number of hydrogen-bond acceptors (Lipinski definition) is 6. The van der Waals surface area contributed by atoms with Crippen LogP contribution in [0.2, 0.25) is 0 Å². The highest BCUT2D eigenvalue weighted by molar-refractivity contribution is 7.99. The minimum absolute atomic E-state index is 0. The van der Waals surface area contributed by atoms with Crippen LogP contribution >= 0.6 is 24.2 Å². The van der Waals surface area contributed by atoms with Crippen LogP contribution in [0.3, 0.4) is 0 Å². The Labute approximate surface area is 152 Å². The molecule has 1 unspecified atom stereocenters. The van der Waals surface area contributed by atoms with Crippen molar-refractivity contribution in [1.82, 2.24) is 15.1 Å². The quantitative estimate of drug-likeness (QED) is 0.719. The summed E-state index contributed by atoms with van der Waals surface area (Å²) in [5.41, 5.74) is 7.22. The fourth-order valence-corrected chi connectivity index (χ4v) is 2.85. The third-order valence-electron chi connectivity index (χ3n) is 3.47. The molecule has 6 nitrogen and oxygen atoms in total. The van der Waals surface area contributed by atoms with Crippen LogP contribution in [0.15, 0.2) is 40.0 Å². The number of nitrogens with zero attached hydrogens (tertiary/aromatic N) is 3. The van der Waals surface area contributed by atoms with Crippen LogP contribution in [0, 0.1) is 0 Å². The first-order valence-corrected chi connectivity index (χ1v) is 8.66. The summed E-state index contributed by atoms with van der Waals surface area (Å²) < 4.78 is 5.56. The molecule has 0 radical (unpaired) electrons. The number of carbonyl (C=O) groups is 1. The van der Waals surface area contributed by atoms with Crippen molar-refractivity contribution in [3.8, 4) is 0 Å². The molecular formula is C16H23ClN4O2S. The van der Waals surface area contributed by atoms with E-state index in [4.69, 9.17) is 10.2 Å². The summed E-state index contributed by atoms with van der Waals surface area (Å²) in [6.45, 7) is 5.32. The van der Waals surface area contributed by atoms with Crippen LogP contribution < -0.4 is 5.73 Å². The second kappa shape index (κ2) is 10.3. The van der Waals surface area contributed by atoms with Crippen LogP contribution in [-0.2, 0) is 11.2 Å². The van der Waals surface area contributed by atoms with Crippen molar-refractivity contribution in [3.63, 3.8) is 0 Å². The number of thioether (sulfide) groups is 1. The van der Waals surface area contributed by atoms with Gasteiger partial charge in [0.1, 0.15) is 0 Å². The highest BCUT2D eigenvalue weighted by Gasteiger charge is 2.17. The van der Waals surface area contributed by atoms with E-state index in [9.17, 15) is 4.79 Å². The number of benzene rings is 1. The molecule has 24 heavy (non-hydrogen) atoms. The fraction of sp³-hybridized carbons (Fsp3) is 0.438. The molecule has 0 saturated heterocycles. The van der Waals surface area contributed by atoms with E-state index in [0.717, 1.165) is 5.56 Å². The zero-order valence-electron chi connectivity index (χ0n) is 13.8. The van der Waals surface area contributed by atoms with Crippen molar-refractivity contribution < 1.29 is 9.21 Å². The molecule has 0 bridgehead atoms. The van der Waals surface area contributed by atoms with Crippen molar-refractivity contribution in [2.24, 2.45) is 5.73 Å². The number of aromatic nitrogens is 2. The number of rotatable bonds is 8. The Morgan fingerprint density at radius 1 is 1.25 bits per heavy atom. The molecule has 2 N–H and O–H groups in total. The van der Waals surface area contributed by atoms with E-state index in [1.54, 1.807) is 4.90 Å². The van der Waals surface area contributed by atoms with Gasteiger partial charge in [-0.3, -0.25) is 4.79 Å². The SMILES string of the molecule is CCN(CC)C(=O)CSc1nnc(C(N)Cc2ccccc2)o1.Cl. The predicted octanol–water partition coefficient (Wildman–Crippen LogP) is 2.69. The number of carbonyl (C=O) groups excluding carboxylic acids is 1. The first-order valence-electron chi connectivity index (χ1n) is 7.67. The Balaban J connectivity index is 0.00000288. The molecular weight excluding hydrogens is 348 g/mol. The normalized spacial score (nSPS) is 11.6. The molecule has 1 atom stereocenters. The summed E-state index contributed by atoms with van der Waals surface area (Å²) in [6.07, 6.45) is 0.630. The maximum absolute atomic E-state index is 12.0. The molecule has 0 aliphatic carbocycles. The van der Waals surface area contributed by atoms with Gasteiger partial charge in [-0.2, -0.15) is 0 Å². The van der Waals surface area contributed by atoms with Crippen LogP contribution in [0.5, 0.6) is 0 Å². The van der Waals surface area contributed by atoms with Crippen molar-refractivity contribution in [2.45, 2.75) is 31.5 Å². The third kappa shape index (κ3) is 5.81. The first-order chi connectivity index (χ1) is 11.1. The first kappa shape index (κ1) is 20.5. The van der Waals surface area contributed by atoms with Gasteiger partial charge in [0.05, 0.1) is 11.8 Å². The van der Waals surface area contributed by atoms with Gasteiger partial charge in [0, 0.05) is 13.1 Å². The number of amides is 1. The average Bonchev–Trinajstić information content (AvgIpc) is 3.04. The van der Waals surface area contributed by atoms with Gasteiger partial charge in [0.2, 0.25) is 11.8 Å². The predicted molar refractivity (Wildman–Crippen MR) is 97.3 cm³/mol. The van der Waals surface area contributed by atoms with Crippen LogP contribution in [0.25, 0.3) is 0 Å². The minimum Gasteiger partial charge on any atom is -0.414 e. The lowest BCUT2D eigenvalue weighted by molar-refractivity contribution is -0.127. The molecule has 0 aliphatic heterocycles. The number of hydrogen-bond donors (Lipinski definition) is 1. The molecule has 1 amide bonds. The smallest absolute Gasteiger partial charge is 0.277 e. The molecule has 1 aromatic heterocycles. The highest BCUT2D eigenvalue weighted by Crippen LogP contribution is 2.21. The van der Waals surface area contributed by atoms with E-state index in [0.29, 0.717) is 30.6 Å². The lowest BCUT2D eigenvalue weighted by atomic mass is 10.1. The summed E-state index contributed by atoms with van der Waals surface area (Å²) >= 11 is 1.25. The maximum atomic E-state index is 12.0. The van der Waals surface area contributed by atoms with Gasteiger partial charge in [0.25, 0.3) is 5.22 Å². The Hall–Kier alpha value is -1.57. The van der Waals surface area contributed by atoms with Crippen molar-refractivity contribution in [3.05, 3.63) is 41.8 Å². The topological polar surface area (TPSA) is 85.2 Å². The molecule has 132 valence electrons. The molecule has 0 spiro atoms. The fourth-order valence-electron chi connectivity index (χ4n) is 2.17. The second-order valence-corrected chi connectivity index (χ2v) is 5.98. The van der Waals surface area contributed by atoms with Gasteiger partial charge in [-0.1, -0.05) is 42.1 Å². The summed E-state index contributed by atoms with van der Waals surface area (Å²) in [6, 6.07) is 9.57. The Kier molecular flexibility index (Phi) is 8.81. The molecule has 2 rings (SSSR count). The van der Waals surface area contributed by atoms with E-state index < -0.39 is 0 Å². The molecule has 2 aromatic rings. The standard InChI is InChI=1S/C16H22N4O2S.ClH/c1-3-20(4-2)14(21)11-23-16-19-18-15(22-16)13(17)10-12-8-6-5-7-9-12;/h5-9,13H,3-4,10-11,17H2,1-2H3;1H. The van der Waals surface area contributed by atoms with E-state index in [2.05, 4.69) is 10.2 Å². The molecule has 0 fully saturated rings. The van der Waals surface area contributed by atoms with Gasteiger partial charge in [0.15, 0.2) is 0 Å². The lowest BCUT2D eigenvalue weighted by Gasteiger charge is -2.17. The second-order valence-electron chi connectivity index (χ2n) is 5.06. The van der Waals surface area contributed by atoms with Crippen molar-refractivity contribution in [1.29, 1.82) is 0 Å². The summed E-state index contributed by atoms with van der Waals surface area (Å²) in [5.74, 6) is 0.747. The monoisotopic (exact) mass is 370 g/mol. The Bertz CT molecular complexity index is 620.